The van der Waals surface area contributed by atoms with Crippen molar-refractivity contribution in [2.45, 2.75) is 51.2 Å². The fraction of sp³-hybridized carbons (Fsp3) is 0.391. The van der Waals surface area contributed by atoms with E-state index >= 15 is 0 Å². The van der Waals surface area contributed by atoms with E-state index in [1.807, 2.05) is 13.0 Å². The first-order chi connectivity index (χ1) is 14.1. The number of amides is 1. The molecule has 1 amide bonds. The minimum absolute atomic E-state index is 0.0722. The average Bonchev–Trinajstić information content (AvgIpc) is 3.32. The maximum absolute atomic E-state index is 12.3. The number of ketones is 1. The molecule has 1 spiro atoms. The van der Waals surface area contributed by atoms with Gasteiger partial charge in [-0.25, -0.2) is 0 Å². The summed E-state index contributed by atoms with van der Waals surface area (Å²) >= 11 is 0. The Balaban J connectivity index is 1.30. The zero-order valence-corrected chi connectivity index (χ0v) is 16.5. The summed E-state index contributed by atoms with van der Waals surface area (Å²) in [5.41, 5.74) is 1.21. The number of carbonyl (C=O) groups excluding carboxylic acids is 2. The van der Waals surface area contributed by atoms with Crippen LogP contribution in [0.2, 0.25) is 0 Å². The number of rotatable bonds is 7. The molecule has 29 heavy (non-hydrogen) atoms. The number of Topliss-reactive ketones (excluding diaryl/α,β-unsaturated/α-hetero) is 1. The second-order valence-electron chi connectivity index (χ2n) is 7.41. The Bertz CT molecular complexity index is 900. The van der Waals surface area contributed by atoms with E-state index in [9.17, 15) is 9.59 Å². The molecular weight excluding hydrogens is 370 g/mol. The number of benzene rings is 2. The highest BCUT2D eigenvalue weighted by Gasteiger charge is 2.44. The van der Waals surface area contributed by atoms with Crippen molar-refractivity contribution in [3.8, 4) is 17.2 Å². The summed E-state index contributed by atoms with van der Waals surface area (Å²) in [5.74, 6) is 1.31. The van der Waals surface area contributed by atoms with Crippen LogP contribution in [0.25, 0.3) is 0 Å². The van der Waals surface area contributed by atoms with Crippen molar-refractivity contribution in [3.63, 3.8) is 0 Å². The van der Waals surface area contributed by atoms with E-state index in [-0.39, 0.29) is 24.5 Å². The first kappa shape index (κ1) is 19.3. The Kier molecular flexibility index (Phi) is 5.43. The average molecular weight is 395 g/mol. The van der Waals surface area contributed by atoms with Crippen LogP contribution >= 0.6 is 0 Å². The Morgan fingerprint density at radius 1 is 1.00 bits per heavy atom. The number of nitrogens with one attached hydrogen (secondary N) is 1. The molecule has 1 heterocycles. The van der Waals surface area contributed by atoms with Crippen molar-refractivity contribution in [1.29, 1.82) is 0 Å². The number of anilines is 1. The third-order valence-electron chi connectivity index (χ3n) is 5.25. The lowest BCUT2D eigenvalue weighted by molar-refractivity contribution is -0.116. The molecule has 1 aliphatic carbocycles. The summed E-state index contributed by atoms with van der Waals surface area (Å²) in [4.78, 5) is 24.6. The van der Waals surface area contributed by atoms with E-state index in [4.69, 9.17) is 14.2 Å². The van der Waals surface area contributed by atoms with Crippen LogP contribution < -0.4 is 19.5 Å². The van der Waals surface area contributed by atoms with Crippen LogP contribution in [-0.4, -0.2) is 24.1 Å². The summed E-state index contributed by atoms with van der Waals surface area (Å²) in [6.45, 7) is 2.49. The molecule has 152 valence electrons. The quantitative estimate of drug-likeness (QED) is 0.686. The minimum Gasteiger partial charge on any atom is -0.494 e. The van der Waals surface area contributed by atoms with Gasteiger partial charge < -0.3 is 19.5 Å². The van der Waals surface area contributed by atoms with E-state index in [1.54, 1.807) is 36.4 Å². The zero-order chi connectivity index (χ0) is 20.3. The van der Waals surface area contributed by atoms with E-state index in [1.165, 1.54) is 0 Å². The van der Waals surface area contributed by atoms with E-state index in [0.717, 1.165) is 37.2 Å². The van der Waals surface area contributed by atoms with Gasteiger partial charge in [-0.1, -0.05) is 0 Å². The molecule has 1 saturated carbocycles. The van der Waals surface area contributed by atoms with Gasteiger partial charge in [0, 0.05) is 43.0 Å². The van der Waals surface area contributed by atoms with Crippen molar-refractivity contribution in [2.24, 2.45) is 0 Å². The van der Waals surface area contributed by atoms with Gasteiger partial charge in [0.15, 0.2) is 17.3 Å². The predicted molar refractivity (Wildman–Crippen MR) is 109 cm³/mol. The molecule has 1 fully saturated rings. The van der Waals surface area contributed by atoms with Crippen molar-refractivity contribution in [3.05, 3.63) is 48.0 Å². The molecule has 0 aromatic heterocycles. The highest BCUT2D eigenvalue weighted by Crippen LogP contribution is 2.47. The number of hydrogen-bond acceptors (Lipinski definition) is 5. The van der Waals surface area contributed by atoms with Crippen LogP contribution in [0.3, 0.4) is 0 Å². The highest BCUT2D eigenvalue weighted by atomic mass is 16.7. The first-order valence-corrected chi connectivity index (χ1v) is 10.1. The Morgan fingerprint density at radius 3 is 2.45 bits per heavy atom. The van der Waals surface area contributed by atoms with Gasteiger partial charge in [0.25, 0.3) is 5.79 Å². The van der Waals surface area contributed by atoms with Gasteiger partial charge in [0.2, 0.25) is 5.91 Å². The number of carbonyl (C=O) groups is 2. The Labute approximate surface area is 170 Å². The molecule has 0 radical (unpaired) electrons. The van der Waals surface area contributed by atoms with Crippen LogP contribution in [0.4, 0.5) is 5.69 Å². The van der Waals surface area contributed by atoms with Gasteiger partial charge in [-0.2, -0.15) is 0 Å². The molecule has 1 N–H and O–H groups in total. The lowest BCUT2D eigenvalue weighted by atomic mass is 10.1. The first-order valence-electron chi connectivity index (χ1n) is 10.1. The molecule has 0 saturated heterocycles. The van der Waals surface area contributed by atoms with Crippen LogP contribution in [0.1, 0.15) is 55.8 Å². The van der Waals surface area contributed by atoms with Gasteiger partial charge >= 0.3 is 0 Å². The van der Waals surface area contributed by atoms with Crippen molar-refractivity contribution >= 4 is 17.4 Å². The van der Waals surface area contributed by atoms with Gasteiger partial charge in [-0.15, -0.1) is 0 Å². The van der Waals surface area contributed by atoms with E-state index in [2.05, 4.69) is 5.32 Å². The minimum atomic E-state index is -0.519. The van der Waals surface area contributed by atoms with Gasteiger partial charge in [0.1, 0.15) is 5.75 Å². The maximum atomic E-state index is 12.3. The highest BCUT2D eigenvalue weighted by molar-refractivity contribution is 6.00. The van der Waals surface area contributed by atoms with Crippen LogP contribution in [0, 0.1) is 0 Å². The fourth-order valence-corrected chi connectivity index (χ4v) is 3.79. The smallest absolute Gasteiger partial charge is 0.251 e. The standard InChI is InChI=1S/C23H25NO5/c1-2-27-18-8-5-16(6-9-18)19(25)10-12-22(26)24-17-7-11-20-21(15-17)29-23(28-20)13-3-4-14-23/h5-9,11,15H,2-4,10,12-14H2,1H3,(H,24,26). The van der Waals surface area contributed by atoms with Crippen molar-refractivity contribution in [1.82, 2.24) is 0 Å². The van der Waals surface area contributed by atoms with Gasteiger partial charge in [-0.05, 0) is 56.2 Å². The molecular formula is C23H25NO5. The molecule has 2 aromatic carbocycles. The third-order valence-corrected chi connectivity index (χ3v) is 5.25. The van der Waals surface area contributed by atoms with Crippen molar-refractivity contribution in [2.75, 3.05) is 11.9 Å². The summed E-state index contributed by atoms with van der Waals surface area (Å²) in [7, 11) is 0. The van der Waals surface area contributed by atoms with Crippen LogP contribution in [0.15, 0.2) is 42.5 Å². The third kappa shape index (κ3) is 4.36. The number of fused-ring (bicyclic) bond motifs is 1. The van der Waals surface area contributed by atoms with Gasteiger partial charge in [-0.3, -0.25) is 9.59 Å². The summed E-state index contributed by atoms with van der Waals surface area (Å²) in [5, 5.41) is 2.84. The van der Waals surface area contributed by atoms with Crippen LogP contribution in [0.5, 0.6) is 17.2 Å². The molecule has 0 atom stereocenters. The molecule has 0 bridgehead atoms. The molecule has 6 heteroatoms. The fourth-order valence-electron chi connectivity index (χ4n) is 3.79. The lowest BCUT2D eigenvalue weighted by Crippen LogP contribution is -2.34. The molecule has 2 aliphatic rings. The molecule has 4 rings (SSSR count). The number of hydrogen-bond donors (Lipinski definition) is 1. The molecule has 2 aromatic rings. The Hall–Kier alpha value is -3.02. The predicted octanol–water partition coefficient (Wildman–Crippen LogP) is 4.73. The van der Waals surface area contributed by atoms with E-state index < -0.39 is 5.79 Å². The van der Waals surface area contributed by atoms with Crippen LogP contribution in [-0.2, 0) is 4.79 Å². The molecule has 6 nitrogen and oxygen atoms in total. The zero-order valence-electron chi connectivity index (χ0n) is 16.5. The molecule has 0 unspecified atom stereocenters. The lowest BCUT2D eigenvalue weighted by Gasteiger charge is -2.21. The SMILES string of the molecule is CCOc1ccc(C(=O)CCC(=O)Nc2ccc3c(c2)OC2(CCCC2)O3)cc1. The number of ether oxygens (including phenoxy) is 3. The monoisotopic (exact) mass is 395 g/mol. The summed E-state index contributed by atoms with van der Waals surface area (Å²) in [6, 6.07) is 12.4. The Morgan fingerprint density at radius 2 is 1.72 bits per heavy atom. The topological polar surface area (TPSA) is 73.9 Å². The maximum Gasteiger partial charge on any atom is 0.251 e. The normalized spacial score (nSPS) is 16.0. The summed E-state index contributed by atoms with van der Waals surface area (Å²) in [6.07, 6.45) is 4.23. The largest absolute Gasteiger partial charge is 0.494 e. The molecule has 1 aliphatic heterocycles. The van der Waals surface area contributed by atoms with Gasteiger partial charge in [0.05, 0.1) is 6.61 Å². The van der Waals surface area contributed by atoms with E-state index in [0.29, 0.717) is 23.6 Å². The van der Waals surface area contributed by atoms with Crippen molar-refractivity contribution < 1.29 is 23.8 Å². The second-order valence-corrected chi connectivity index (χ2v) is 7.41. The summed E-state index contributed by atoms with van der Waals surface area (Å²) < 4.78 is 17.4. The second kappa shape index (κ2) is 8.15.